The summed E-state index contributed by atoms with van der Waals surface area (Å²) in [6, 6.07) is 0. The van der Waals surface area contributed by atoms with Crippen LogP contribution in [-0.2, 0) is 19.0 Å². The van der Waals surface area contributed by atoms with Crippen molar-refractivity contribution in [2.24, 2.45) is 0 Å². The van der Waals surface area contributed by atoms with Gasteiger partial charge in [0.1, 0.15) is 42.9 Å². The van der Waals surface area contributed by atoms with Gasteiger partial charge in [0.2, 0.25) is 5.91 Å². The molecule has 0 aliphatic carbocycles. The van der Waals surface area contributed by atoms with Crippen molar-refractivity contribution in [3.8, 4) is 0 Å². The van der Waals surface area contributed by atoms with Crippen LogP contribution in [0.1, 0.15) is 13.8 Å². The number of carbonyl (C=O) groups excluding carboxylic acids is 1. The lowest BCUT2D eigenvalue weighted by Gasteiger charge is -2.44. The highest BCUT2D eigenvalue weighted by molar-refractivity contribution is 5.74. The lowest BCUT2D eigenvalue weighted by Crippen LogP contribution is -2.66. The zero-order valence-electron chi connectivity index (χ0n) is 13.8. The summed E-state index contributed by atoms with van der Waals surface area (Å²) in [6.07, 6.45) is -10.7. The predicted molar refractivity (Wildman–Crippen MR) is 78.7 cm³/mol. The standard InChI is InChI=1S/C14H24N2O9/c1-4-7(19)9(21)10(22)12(23-4)25-11-8(20)6(3-17)24-13-14(11,16-13)15-5(2)18/h4,6-13,16-17,19-22H,3H2,1-2H3,(H,15,18)/t4-,6+,7+,8+,9+,10-,11-,12-,13-,14-/m0/s1. The average Bonchev–Trinajstić information content (AvgIpc) is 3.25. The number of hydrogen-bond acceptors (Lipinski definition) is 10. The van der Waals surface area contributed by atoms with Gasteiger partial charge in [-0.3, -0.25) is 10.1 Å². The van der Waals surface area contributed by atoms with Crippen molar-refractivity contribution in [2.75, 3.05) is 6.61 Å². The van der Waals surface area contributed by atoms with E-state index in [-0.39, 0.29) is 0 Å². The monoisotopic (exact) mass is 364 g/mol. The van der Waals surface area contributed by atoms with Gasteiger partial charge in [0, 0.05) is 6.92 Å². The summed E-state index contributed by atoms with van der Waals surface area (Å²) in [6.45, 7) is 2.29. The van der Waals surface area contributed by atoms with E-state index in [4.69, 9.17) is 14.2 Å². The molecule has 0 aromatic carbocycles. The first-order valence-electron chi connectivity index (χ1n) is 8.07. The molecule has 3 rings (SSSR count). The molecule has 7 N–H and O–H groups in total. The number of ether oxygens (including phenoxy) is 3. The molecule has 1 amide bonds. The molecule has 0 unspecified atom stereocenters. The Hall–Kier alpha value is -0.890. The number of nitrogens with one attached hydrogen (secondary N) is 2. The minimum Gasteiger partial charge on any atom is -0.394 e. The third-order valence-corrected chi connectivity index (χ3v) is 4.80. The molecule has 3 heterocycles. The molecule has 11 heteroatoms. The van der Waals surface area contributed by atoms with Gasteiger partial charge in [-0.25, -0.2) is 0 Å². The highest BCUT2D eigenvalue weighted by atomic mass is 16.7. The van der Waals surface area contributed by atoms with Crippen LogP contribution in [0, 0.1) is 0 Å². The van der Waals surface area contributed by atoms with Gasteiger partial charge < -0.3 is 45.1 Å². The summed E-state index contributed by atoms with van der Waals surface area (Å²) in [5.74, 6) is -0.407. The van der Waals surface area contributed by atoms with Crippen LogP contribution >= 0.6 is 0 Å². The predicted octanol–water partition coefficient (Wildman–Crippen LogP) is -4.29. The zero-order valence-corrected chi connectivity index (χ0v) is 13.8. The lowest BCUT2D eigenvalue weighted by atomic mass is 9.96. The van der Waals surface area contributed by atoms with Crippen molar-refractivity contribution < 1.29 is 44.5 Å². The molecule has 10 atom stereocenters. The Kier molecular flexibility index (Phi) is 5.05. The molecule has 0 spiro atoms. The maximum absolute atomic E-state index is 11.5. The summed E-state index contributed by atoms with van der Waals surface area (Å²) in [5, 5.41) is 55.0. The van der Waals surface area contributed by atoms with Gasteiger partial charge in [0.15, 0.2) is 12.0 Å². The number of amides is 1. The van der Waals surface area contributed by atoms with E-state index in [0.29, 0.717) is 0 Å². The summed E-state index contributed by atoms with van der Waals surface area (Å²) in [5.41, 5.74) is -1.25. The van der Waals surface area contributed by atoms with Crippen molar-refractivity contribution in [1.29, 1.82) is 0 Å². The topological polar surface area (TPSA) is 180 Å². The smallest absolute Gasteiger partial charge is 0.218 e. The quantitative estimate of drug-likeness (QED) is 0.241. The first kappa shape index (κ1) is 18.9. The summed E-state index contributed by atoms with van der Waals surface area (Å²) in [7, 11) is 0. The maximum atomic E-state index is 11.5. The number of aliphatic hydroxyl groups is 5. The van der Waals surface area contributed by atoms with E-state index in [1.807, 2.05) is 0 Å². The first-order valence-corrected chi connectivity index (χ1v) is 8.07. The van der Waals surface area contributed by atoms with Gasteiger partial charge in [-0.1, -0.05) is 0 Å². The van der Waals surface area contributed by atoms with Crippen molar-refractivity contribution in [2.45, 2.75) is 74.8 Å². The molecule has 144 valence electrons. The second-order valence-electron chi connectivity index (χ2n) is 6.66. The Morgan fingerprint density at radius 1 is 1.16 bits per heavy atom. The minimum atomic E-state index is -1.57. The fourth-order valence-electron chi connectivity index (χ4n) is 3.34. The summed E-state index contributed by atoms with van der Waals surface area (Å²) < 4.78 is 16.5. The van der Waals surface area contributed by atoms with Gasteiger partial charge in [0.25, 0.3) is 0 Å². The summed E-state index contributed by atoms with van der Waals surface area (Å²) >= 11 is 0. The van der Waals surface area contributed by atoms with Gasteiger partial charge in [0.05, 0.1) is 12.7 Å². The van der Waals surface area contributed by atoms with Crippen molar-refractivity contribution in [3.05, 3.63) is 0 Å². The van der Waals surface area contributed by atoms with Gasteiger partial charge in [-0.05, 0) is 6.92 Å². The largest absolute Gasteiger partial charge is 0.394 e. The van der Waals surface area contributed by atoms with Crippen LogP contribution in [0.4, 0.5) is 0 Å². The van der Waals surface area contributed by atoms with Gasteiger partial charge in [-0.15, -0.1) is 0 Å². The summed E-state index contributed by atoms with van der Waals surface area (Å²) in [4.78, 5) is 11.5. The van der Waals surface area contributed by atoms with Crippen molar-refractivity contribution >= 4 is 5.91 Å². The van der Waals surface area contributed by atoms with Gasteiger partial charge in [-0.2, -0.15) is 0 Å². The van der Waals surface area contributed by atoms with E-state index in [0.717, 1.165) is 0 Å². The van der Waals surface area contributed by atoms with E-state index in [1.54, 1.807) is 0 Å². The van der Waals surface area contributed by atoms with Crippen LogP contribution in [0.15, 0.2) is 0 Å². The molecule has 0 aromatic rings. The lowest BCUT2D eigenvalue weighted by molar-refractivity contribution is -0.323. The third-order valence-electron chi connectivity index (χ3n) is 4.80. The highest BCUT2D eigenvalue weighted by Crippen LogP contribution is 2.40. The SMILES string of the molecule is CC(=O)N[C@@]12N[C@H]1O[C@H](CO)[C@@H](O)[C@@H]2O[C@@H]1O[C@@H](C)[C@@H](O)[C@@H](O)[C@@H]1O. The fraction of sp³-hybridized carbons (Fsp3) is 0.929. The molecule has 3 aliphatic rings. The average molecular weight is 364 g/mol. The van der Waals surface area contributed by atoms with E-state index in [2.05, 4.69) is 10.6 Å². The first-order chi connectivity index (χ1) is 11.7. The molecular formula is C14H24N2O9. The second-order valence-corrected chi connectivity index (χ2v) is 6.66. The minimum absolute atomic E-state index is 0.407. The van der Waals surface area contributed by atoms with Crippen LogP contribution in [0.25, 0.3) is 0 Å². The third kappa shape index (κ3) is 3.16. The van der Waals surface area contributed by atoms with E-state index in [9.17, 15) is 30.3 Å². The Balaban J connectivity index is 1.80. The molecular weight excluding hydrogens is 340 g/mol. The highest BCUT2D eigenvalue weighted by Gasteiger charge is 2.69. The Bertz CT molecular complexity index is 523. The molecule has 3 aliphatic heterocycles. The van der Waals surface area contributed by atoms with E-state index in [1.165, 1.54) is 13.8 Å². The van der Waals surface area contributed by atoms with Crippen molar-refractivity contribution in [3.63, 3.8) is 0 Å². The molecule has 0 saturated carbocycles. The molecule has 11 nitrogen and oxygen atoms in total. The Morgan fingerprint density at radius 3 is 2.44 bits per heavy atom. The fourth-order valence-corrected chi connectivity index (χ4v) is 3.34. The van der Waals surface area contributed by atoms with Gasteiger partial charge >= 0.3 is 0 Å². The number of rotatable bonds is 4. The van der Waals surface area contributed by atoms with Crippen LogP contribution in [0.5, 0.6) is 0 Å². The molecule has 25 heavy (non-hydrogen) atoms. The molecule has 0 bridgehead atoms. The molecule has 3 saturated heterocycles. The number of fused-ring (bicyclic) bond motifs is 1. The van der Waals surface area contributed by atoms with Crippen LogP contribution in [-0.4, -0.2) is 99.0 Å². The van der Waals surface area contributed by atoms with Crippen LogP contribution in [0.3, 0.4) is 0 Å². The van der Waals surface area contributed by atoms with E-state index < -0.39 is 73.4 Å². The van der Waals surface area contributed by atoms with Crippen molar-refractivity contribution in [1.82, 2.24) is 10.6 Å². The van der Waals surface area contributed by atoms with Crippen LogP contribution < -0.4 is 10.6 Å². The molecule has 3 fully saturated rings. The normalized spacial score (nSPS) is 52.4. The molecule has 0 aromatic heterocycles. The molecule has 0 radical (unpaired) electrons. The Labute approximate surface area is 143 Å². The zero-order chi connectivity index (χ0) is 18.5. The van der Waals surface area contributed by atoms with Crippen LogP contribution in [0.2, 0.25) is 0 Å². The number of carbonyl (C=O) groups is 1. The Morgan fingerprint density at radius 2 is 1.84 bits per heavy atom. The number of aliphatic hydroxyl groups excluding tert-OH is 5. The van der Waals surface area contributed by atoms with E-state index >= 15 is 0 Å². The maximum Gasteiger partial charge on any atom is 0.218 e. The number of hydrogen-bond donors (Lipinski definition) is 7. The second kappa shape index (κ2) is 6.68.